The van der Waals surface area contributed by atoms with E-state index in [0.29, 0.717) is 34.2 Å². The fourth-order valence-electron chi connectivity index (χ4n) is 3.32. The van der Waals surface area contributed by atoms with Crippen molar-refractivity contribution < 1.29 is 4.74 Å². The van der Waals surface area contributed by atoms with Crippen LogP contribution in [0.1, 0.15) is 51.8 Å². The van der Waals surface area contributed by atoms with Gasteiger partial charge in [0.1, 0.15) is 11.3 Å². The predicted molar refractivity (Wildman–Crippen MR) is 110 cm³/mol. The van der Waals surface area contributed by atoms with Crippen molar-refractivity contribution in [3.8, 4) is 17.1 Å². The molecular weight excluding hydrogens is 362 g/mol. The Kier molecular flexibility index (Phi) is 5.33. The second-order valence-electron chi connectivity index (χ2n) is 7.34. The Morgan fingerprint density at radius 2 is 1.89 bits per heavy atom. The van der Waals surface area contributed by atoms with Gasteiger partial charge in [-0.15, -0.1) is 5.10 Å². The molecule has 144 valence electrons. The zero-order valence-electron chi connectivity index (χ0n) is 16.7. The topological polar surface area (TPSA) is 48.5 Å². The summed E-state index contributed by atoms with van der Waals surface area (Å²) in [5.41, 5.74) is 3.27. The number of fused-ring (bicyclic) bond motifs is 1. The molecular formula is C21H26ClN3O2. The number of benzene rings is 1. The van der Waals surface area contributed by atoms with E-state index in [-0.39, 0.29) is 17.6 Å². The zero-order valence-corrected chi connectivity index (χ0v) is 17.5. The first kappa shape index (κ1) is 19.5. The minimum Gasteiger partial charge on any atom is -0.491 e. The molecule has 0 radical (unpaired) electrons. The zero-order chi connectivity index (χ0) is 19.9. The third-order valence-electron chi connectivity index (χ3n) is 4.57. The number of rotatable bonds is 5. The second kappa shape index (κ2) is 7.39. The monoisotopic (exact) mass is 387 g/mol. The van der Waals surface area contributed by atoms with Crippen LogP contribution in [-0.2, 0) is 6.54 Å². The van der Waals surface area contributed by atoms with Gasteiger partial charge < -0.3 is 4.74 Å². The molecule has 0 fully saturated rings. The van der Waals surface area contributed by atoms with Crippen LogP contribution in [0.25, 0.3) is 16.9 Å². The summed E-state index contributed by atoms with van der Waals surface area (Å²) in [6, 6.07) is 7.54. The minimum absolute atomic E-state index is 0.0436. The average Bonchev–Trinajstić information content (AvgIpc) is 2.92. The molecule has 27 heavy (non-hydrogen) atoms. The van der Waals surface area contributed by atoms with E-state index in [4.69, 9.17) is 21.4 Å². The summed E-state index contributed by atoms with van der Waals surface area (Å²) in [4.78, 5) is 13.3. The molecule has 5 nitrogen and oxygen atoms in total. The highest BCUT2D eigenvalue weighted by Gasteiger charge is 2.20. The van der Waals surface area contributed by atoms with Gasteiger partial charge >= 0.3 is 0 Å². The Hall–Kier alpha value is -2.27. The maximum Gasteiger partial charge on any atom is 0.278 e. The number of aromatic nitrogens is 3. The van der Waals surface area contributed by atoms with Crippen molar-refractivity contribution in [2.24, 2.45) is 0 Å². The molecule has 0 unspecified atom stereocenters. The largest absolute Gasteiger partial charge is 0.491 e. The molecule has 0 aliphatic carbocycles. The maximum absolute atomic E-state index is 13.3. The van der Waals surface area contributed by atoms with Crippen LogP contribution in [0.4, 0.5) is 0 Å². The van der Waals surface area contributed by atoms with Crippen LogP contribution < -0.4 is 10.3 Å². The van der Waals surface area contributed by atoms with E-state index in [0.717, 1.165) is 11.3 Å². The number of halogens is 1. The fraction of sp³-hybridized carbons (Fsp3) is 0.429. The first-order chi connectivity index (χ1) is 12.7. The van der Waals surface area contributed by atoms with Crippen molar-refractivity contribution >= 4 is 17.1 Å². The van der Waals surface area contributed by atoms with Crippen molar-refractivity contribution in [1.29, 1.82) is 0 Å². The van der Waals surface area contributed by atoms with Gasteiger partial charge in [-0.25, -0.2) is 4.52 Å². The molecule has 0 bridgehead atoms. The van der Waals surface area contributed by atoms with Crippen molar-refractivity contribution in [2.75, 3.05) is 0 Å². The number of aryl methyl sites for hydroxylation is 1. The number of ether oxygens (including phenoxy) is 1. The average molecular weight is 388 g/mol. The lowest BCUT2D eigenvalue weighted by Crippen LogP contribution is -2.26. The molecule has 0 saturated carbocycles. The number of nitrogens with zero attached hydrogens (tertiary/aromatic N) is 3. The van der Waals surface area contributed by atoms with Crippen molar-refractivity contribution in [1.82, 2.24) is 14.2 Å². The van der Waals surface area contributed by atoms with Gasteiger partial charge in [0.05, 0.1) is 11.1 Å². The van der Waals surface area contributed by atoms with Crippen LogP contribution in [0.2, 0.25) is 5.02 Å². The Morgan fingerprint density at radius 1 is 1.19 bits per heavy atom. The molecule has 0 amide bonds. The van der Waals surface area contributed by atoms with E-state index < -0.39 is 0 Å². The summed E-state index contributed by atoms with van der Waals surface area (Å²) in [6.07, 6.45) is 0.0622. The van der Waals surface area contributed by atoms with Gasteiger partial charge in [-0.2, -0.15) is 0 Å². The lowest BCUT2D eigenvalue weighted by atomic mass is 10.1. The van der Waals surface area contributed by atoms with E-state index in [9.17, 15) is 4.79 Å². The number of hydrogen-bond acceptors (Lipinski definition) is 3. The van der Waals surface area contributed by atoms with E-state index in [1.807, 2.05) is 45.9 Å². The maximum atomic E-state index is 13.3. The van der Waals surface area contributed by atoms with Crippen molar-refractivity contribution in [3.05, 3.63) is 50.9 Å². The van der Waals surface area contributed by atoms with Gasteiger partial charge in [-0.05, 0) is 63.4 Å². The fourth-order valence-corrected chi connectivity index (χ4v) is 3.58. The van der Waals surface area contributed by atoms with Crippen LogP contribution in [0, 0.1) is 6.92 Å². The molecule has 0 spiro atoms. The summed E-state index contributed by atoms with van der Waals surface area (Å²) in [5, 5.41) is 5.30. The van der Waals surface area contributed by atoms with E-state index in [1.165, 1.54) is 0 Å². The second-order valence-corrected chi connectivity index (χ2v) is 7.74. The first-order valence-corrected chi connectivity index (χ1v) is 9.72. The standard InChI is InChI=1S/C21H26ClN3O2/c1-7-24-20(16-9-8-15(11-18(16)22)27-13(4)5)23-25-14(6)10-17(12(2)3)19(25)21(24)26/h8-13H,7H2,1-6H3. The number of hydrogen-bond donors (Lipinski definition) is 0. The molecule has 3 rings (SSSR count). The van der Waals surface area contributed by atoms with E-state index in [2.05, 4.69) is 13.8 Å². The first-order valence-electron chi connectivity index (χ1n) is 9.34. The molecule has 2 aromatic heterocycles. The normalized spacial score (nSPS) is 11.7. The highest BCUT2D eigenvalue weighted by atomic mass is 35.5. The van der Waals surface area contributed by atoms with Crippen LogP contribution in [-0.4, -0.2) is 20.3 Å². The molecule has 2 heterocycles. The highest BCUT2D eigenvalue weighted by molar-refractivity contribution is 6.33. The van der Waals surface area contributed by atoms with E-state index >= 15 is 0 Å². The lowest BCUT2D eigenvalue weighted by molar-refractivity contribution is 0.242. The third-order valence-corrected chi connectivity index (χ3v) is 4.89. The van der Waals surface area contributed by atoms with Crippen LogP contribution >= 0.6 is 11.6 Å². The quantitative estimate of drug-likeness (QED) is 0.615. The molecule has 0 saturated heterocycles. The summed E-state index contributed by atoms with van der Waals surface area (Å²) in [6.45, 7) is 12.5. The molecule has 1 aromatic carbocycles. The highest BCUT2D eigenvalue weighted by Crippen LogP contribution is 2.31. The molecule has 0 aliphatic rings. The minimum atomic E-state index is -0.0436. The van der Waals surface area contributed by atoms with Gasteiger partial charge in [0.2, 0.25) is 0 Å². The molecule has 0 atom stereocenters. The van der Waals surface area contributed by atoms with Crippen LogP contribution in [0.3, 0.4) is 0 Å². The molecule has 3 aromatic rings. The molecule has 0 aliphatic heterocycles. The van der Waals surface area contributed by atoms with Crippen molar-refractivity contribution in [2.45, 2.75) is 60.1 Å². The van der Waals surface area contributed by atoms with Gasteiger partial charge in [0, 0.05) is 17.8 Å². The van der Waals surface area contributed by atoms with Crippen molar-refractivity contribution in [3.63, 3.8) is 0 Å². The SMILES string of the molecule is CCn1c(-c2ccc(OC(C)C)cc2Cl)nn2c(C)cc(C(C)C)c2c1=O. The third kappa shape index (κ3) is 3.48. The van der Waals surface area contributed by atoms with Gasteiger partial charge in [-0.3, -0.25) is 9.36 Å². The summed E-state index contributed by atoms with van der Waals surface area (Å²) in [7, 11) is 0. The van der Waals surface area contributed by atoms with E-state index in [1.54, 1.807) is 15.1 Å². The Balaban J connectivity index is 2.26. The molecule has 0 N–H and O–H groups in total. The Bertz CT molecular complexity index is 1050. The Morgan fingerprint density at radius 3 is 2.44 bits per heavy atom. The summed E-state index contributed by atoms with van der Waals surface area (Å²) in [5.74, 6) is 1.50. The van der Waals surface area contributed by atoms with Crippen LogP contribution in [0.5, 0.6) is 5.75 Å². The Labute approximate surface area is 164 Å². The van der Waals surface area contributed by atoms with Gasteiger partial charge in [-0.1, -0.05) is 25.4 Å². The van der Waals surface area contributed by atoms with Gasteiger partial charge in [0.15, 0.2) is 5.82 Å². The summed E-state index contributed by atoms with van der Waals surface area (Å²) < 4.78 is 9.14. The van der Waals surface area contributed by atoms with Crippen LogP contribution in [0.15, 0.2) is 29.1 Å². The molecule has 6 heteroatoms. The predicted octanol–water partition coefficient (Wildman–Crippen LogP) is 5.06. The van der Waals surface area contributed by atoms with Gasteiger partial charge in [0.25, 0.3) is 5.56 Å². The smallest absolute Gasteiger partial charge is 0.278 e. The summed E-state index contributed by atoms with van der Waals surface area (Å²) >= 11 is 6.53. The lowest BCUT2D eigenvalue weighted by Gasteiger charge is -2.15.